The smallest absolute Gasteiger partial charge is 0.200 e. The van der Waals surface area contributed by atoms with Crippen molar-refractivity contribution in [2.75, 3.05) is 0 Å². The minimum absolute atomic E-state index is 0.231. The fraction of sp³-hybridized carbons (Fsp3) is 0. The molecule has 0 aliphatic rings. The van der Waals surface area contributed by atoms with Crippen LogP contribution in [0.1, 0.15) is 33.4 Å². The van der Waals surface area contributed by atoms with Gasteiger partial charge < -0.3 is 9.13 Å². The summed E-state index contributed by atoms with van der Waals surface area (Å²) in [7, 11) is 0. The van der Waals surface area contributed by atoms with Crippen LogP contribution in [0.3, 0.4) is 0 Å². The third-order valence-electron chi connectivity index (χ3n) is 16.6. The van der Waals surface area contributed by atoms with Crippen LogP contribution >= 0.6 is 0 Å². The predicted octanol–water partition coefficient (Wildman–Crippen LogP) is 19.2. The minimum Gasteiger partial charge on any atom is -0.308 e. The highest BCUT2D eigenvalue weighted by Gasteiger charge is 2.26. The van der Waals surface area contributed by atoms with E-state index in [1.54, 1.807) is 72.8 Å². The van der Waals surface area contributed by atoms with Crippen molar-refractivity contribution < 1.29 is 0 Å². The van der Waals surface area contributed by atoms with Crippen molar-refractivity contribution in [1.29, 1.82) is 31.6 Å². The Balaban J connectivity index is 1.13. The Kier molecular flexibility index (Phi) is 13.7. The van der Waals surface area contributed by atoms with Crippen molar-refractivity contribution in [1.82, 2.24) is 19.1 Å². The van der Waals surface area contributed by atoms with E-state index in [0.29, 0.717) is 140 Å². The highest BCUT2D eigenvalue weighted by Crippen LogP contribution is 2.47. The molecule has 0 atom stereocenters. The first-order valence-electron chi connectivity index (χ1n) is 28.6. The molecule has 92 heavy (non-hydrogen) atoms. The maximum absolute atomic E-state index is 10.5. The number of aromatic nitrogens is 4. The van der Waals surface area contributed by atoms with Crippen molar-refractivity contribution in [2.45, 2.75) is 0 Å². The third-order valence-corrected chi connectivity index (χ3v) is 16.6. The zero-order valence-electron chi connectivity index (χ0n) is 48.2. The molecule has 0 aliphatic carbocycles. The summed E-state index contributed by atoms with van der Waals surface area (Å²) < 4.78 is 4.24. The average molecular weight is 1170 g/mol. The van der Waals surface area contributed by atoms with Crippen LogP contribution in [0.4, 0.5) is 17.1 Å². The number of hydrogen-bond acceptors (Lipinski definition) is 8. The second-order valence-corrected chi connectivity index (χ2v) is 21.6. The first-order chi connectivity index (χ1) is 45.2. The monoisotopic (exact) mass is 1170 g/mol. The molecule has 0 saturated heterocycles. The first-order valence-corrected chi connectivity index (χ1v) is 28.6. The Morgan fingerprint density at radius 2 is 0.685 bits per heavy atom. The zero-order valence-corrected chi connectivity index (χ0v) is 48.2. The van der Waals surface area contributed by atoms with Crippen molar-refractivity contribution >= 4 is 60.7 Å². The molecule has 0 unspecified atom stereocenters. The van der Waals surface area contributed by atoms with E-state index in [1.807, 2.05) is 152 Å². The van der Waals surface area contributed by atoms with Gasteiger partial charge in [0, 0.05) is 49.4 Å². The van der Waals surface area contributed by atoms with Crippen molar-refractivity contribution in [3.63, 3.8) is 0 Å². The van der Waals surface area contributed by atoms with E-state index < -0.39 is 0 Å². The quantitative estimate of drug-likeness (QED) is 0.127. The zero-order chi connectivity index (χ0) is 63.1. The number of nitrogens with zero attached hydrogens (tertiary/aromatic N) is 13. The Bertz CT molecular complexity index is 5620. The van der Waals surface area contributed by atoms with E-state index in [-0.39, 0.29) is 11.5 Å². The van der Waals surface area contributed by atoms with E-state index in [0.717, 1.165) is 32.7 Å². The van der Waals surface area contributed by atoms with Crippen LogP contribution in [-0.2, 0) is 0 Å². The first kappa shape index (κ1) is 55.4. The SMILES string of the molecule is [C-]#[N+]c1ccc(-c2ccc3c(c2)c2cc(-c4ccc(C#N)cc4[N+]#[C-])ccc2n3-c2cc([N+]#[C-])c(-c3nc(-c4ccccc4)cc(-c4ccccc4)n3)cc2-n2c3ccc(-c4ccc(C#N)cc4C#N)cc3c3cc(-c4ccc(C#N)cc4C#N)ccc32)c(C#N)c1. The van der Waals surface area contributed by atoms with Crippen molar-refractivity contribution in [2.24, 2.45) is 0 Å². The molecule has 0 saturated carbocycles. The summed E-state index contributed by atoms with van der Waals surface area (Å²) >= 11 is 0. The molecule has 0 amide bonds. The summed E-state index contributed by atoms with van der Waals surface area (Å²) in [4.78, 5) is 22.3. The van der Waals surface area contributed by atoms with Gasteiger partial charge in [-0.2, -0.15) is 31.6 Å². The van der Waals surface area contributed by atoms with E-state index in [9.17, 15) is 31.6 Å². The van der Waals surface area contributed by atoms with E-state index in [2.05, 4.69) is 60.1 Å². The molecule has 0 fully saturated rings. The lowest BCUT2D eigenvalue weighted by Gasteiger charge is -2.20. The van der Waals surface area contributed by atoms with Gasteiger partial charge in [-0.1, -0.05) is 115 Å². The summed E-state index contributed by atoms with van der Waals surface area (Å²) in [6.45, 7) is 25.0. The van der Waals surface area contributed by atoms with Gasteiger partial charge in [0.2, 0.25) is 0 Å². The Hall–Kier alpha value is -14.5. The highest BCUT2D eigenvalue weighted by atomic mass is 15.1. The molecule has 14 aromatic rings. The van der Waals surface area contributed by atoms with Crippen LogP contribution in [0.5, 0.6) is 0 Å². The van der Waals surface area contributed by atoms with Gasteiger partial charge in [-0.05, 0) is 154 Å². The average Bonchev–Trinajstić information content (AvgIpc) is 1.55. The Morgan fingerprint density at radius 1 is 0.304 bits per heavy atom. The molecule has 13 nitrogen and oxygen atoms in total. The molecule has 14 rings (SSSR count). The fourth-order valence-electron chi connectivity index (χ4n) is 12.3. The summed E-state index contributed by atoms with van der Waals surface area (Å²) in [6, 6.07) is 82.5. The number of rotatable bonds is 9. The van der Waals surface area contributed by atoms with Crippen molar-refractivity contribution in [3.8, 4) is 126 Å². The normalized spacial score (nSPS) is 10.7. The molecule has 0 radical (unpaired) electrons. The van der Waals surface area contributed by atoms with Crippen LogP contribution in [0.2, 0.25) is 0 Å². The molecule has 3 aromatic heterocycles. The van der Waals surface area contributed by atoms with Gasteiger partial charge in [0.05, 0.1) is 123 Å². The predicted molar refractivity (Wildman–Crippen MR) is 356 cm³/mol. The fourth-order valence-corrected chi connectivity index (χ4v) is 12.3. The largest absolute Gasteiger partial charge is 0.308 e. The van der Waals surface area contributed by atoms with E-state index >= 15 is 0 Å². The van der Waals surface area contributed by atoms with E-state index in [1.165, 1.54) is 0 Å². The molecule has 11 aromatic carbocycles. The van der Waals surface area contributed by atoms with Gasteiger partial charge in [0.1, 0.15) is 5.82 Å². The summed E-state index contributed by atoms with van der Waals surface area (Å²) in [6.07, 6.45) is 0. The Morgan fingerprint density at radius 3 is 1.10 bits per heavy atom. The molecule has 13 heteroatoms. The minimum atomic E-state index is 0.231. The topological polar surface area (TPSA) is 191 Å². The molecular formula is C79H37N13. The third kappa shape index (κ3) is 9.37. The molecule has 0 spiro atoms. The van der Waals surface area contributed by atoms with Crippen LogP contribution in [-0.4, -0.2) is 19.1 Å². The molecular weight excluding hydrogens is 1130 g/mol. The lowest BCUT2D eigenvalue weighted by Crippen LogP contribution is -2.05. The standard InChI is InChI=1S/C79H37N13/c1-86-59-21-25-62(58(33-59)46-85)54-19-28-75-66(36-54)67-37-55(63-24-16-49(43-82)32-71(63)87-2)20-29-76(67)92(75)78-40-72(88-3)68(79-89-69(50-10-6-4-7-11-50)39-70(90-79)51-12-8-5-9-13-51)38-77(78)91-73-26-17-52(60-22-14-47(41-80)30-56(60)44-83)34-64(73)65-35-53(18-27-74(65)91)61-23-15-48(42-81)31-57(61)45-84/h4-40H. The van der Waals surface area contributed by atoms with Gasteiger partial charge in [0.25, 0.3) is 0 Å². The second kappa shape index (κ2) is 22.7. The van der Waals surface area contributed by atoms with Crippen LogP contribution in [0.25, 0.3) is 148 Å². The number of fused-ring (bicyclic) bond motifs is 6. The lowest BCUT2D eigenvalue weighted by molar-refractivity contribution is 1.09. The van der Waals surface area contributed by atoms with E-state index in [4.69, 9.17) is 29.7 Å². The molecule has 418 valence electrons. The summed E-state index contributed by atoms with van der Waals surface area (Å²) in [5.41, 5.74) is 15.4. The molecule has 0 bridgehead atoms. The maximum Gasteiger partial charge on any atom is 0.200 e. The molecule has 0 aliphatic heterocycles. The lowest BCUT2D eigenvalue weighted by atomic mass is 9.95. The van der Waals surface area contributed by atoms with Gasteiger partial charge in [-0.15, -0.1) is 0 Å². The van der Waals surface area contributed by atoms with Gasteiger partial charge >= 0.3 is 0 Å². The Labute approximate surface area is 526 Å². The van der Waals surface area contributed by atoms with Gasteiger partial charge in [-0.25, -0.2) is 24.5 Å². The van der Waals surface area contributed by atoms with Gasteiger partial charge in [0.15, 0.2) is 17.1 Å². The number of nitriles is 6. The van der Waals surface area contributed by atoms with Gasteiger partial charge in [-0.3, -0.25) is 0 Å². The van der Waals surface area contributed by atoms with Crippen molar-refractivity contribution in [3.05, 3.63) is 292 Å². The molecule has 0 N–H and O–H groups in total. The second-order valence-electron chi connectivity index (χ2n) is 21.6. The number of hydrogen-bond donors (Lipinski definition) is 0. The number of benzene rings is 11. The molecule has 3 heterocycles. The van der Waals surface area contributed by atoms with Crippen LogP contribution < -0.4 is 0 Å². The highest BCUT2D eigenvalue weighted by molar-refractivity contribution is 6.15. The van der Waals surface area contributed by atoms with Crippen LogP contribution in [0.15, 0.2) is 224 Å². The summed E-state index contributed by atoms with van der Waals surface area (Å²) in [5.74, 6) is 0.288. The van der Waals surface area contributed by atoms with Crippen LogP contribution in [0, 0.1) is 87.7 Å². The maximum atomic E-state index is 10.5. The summed E-state index contributed by atoms with van der Waals surface area (Å²) in [5, 5.41) is 64.2.